The molecule has 0 bridgehead atoms. The minimum atomic E-state index is -0.978. The molecule has 0 fully saturated rings. The number of anilines is 1. The van der Waals surface area contributed by atoms with E-state index in [1.54, 1.807) is 0 Å². The standard InChI is InChI=1S/C11H11FN2O3S/c12-6-1-2-8(7(5-6)11(13)17)14-9(18)3-4-10(15)16/h1-2,5H,3-4H2,(H2,13,17)(H,14,18)(H,15,16). The molecule has 0 spiro atoms. The van der Waals surface area contributed by atoms with Crippen molar-refractivity contribution in [1.29, 1.82) is 0 Å². The summed E-state index contributed by atoms with van der Waals surface area (Å²) in [6, 6.07) is 3.46. The van der Waals surface area contributed by atoms with E-state index in [-0.39, 0.29) is 29.1 Å². The zero-order valence-corrected chi connectivity index (χ0v) is 10.1. The van der Waals surface area contributed by atoms with Gasteiger partial charge in [-0.1, -0.05) is 12.2 Å². The van der Waals surface area contributed by atoms with Gasteiger partial charge in [0, 0.05) is 6.42 Å². The van der Waals surface area contributed by atoms with Crippen molar-refractivity contribution in [2.24, 2.45) is 5.73 Å². The van der Waals surface area contributed by atoms with Crippen LogP contribution in [-0.2, 0) is 4.79 Å². The van der Waals surface area contributed by atoms with Gasteiger partial charge in [0.25, 0.3) is 5.91 Å². The maximum absolute atomic E-state index is 13.0. The summed E-state index contributed by atoms with van der Waals surface area (Å²) in [6.07, 6.45) is -0.000816. The Morgan fingerprint density at radius 2 is 2.06 bits per heavy atom. The molecule has 4 N–H and O–H groups in total. The fraction of sp³-hybridized carbons (Fsp3) is 0.182. The number of benzene rings is 1. The van der Waals surface area contributed by atoms with E-state index in [2.05, 4.69) is 5.32 Å². The van der Waals surface area contributed by atoms with Crippen molar-refractivity contribution < 1.29 is 19.1 Å². The largest absolute Gasteiger partial charge is 0.481 e. The monoisotopic (exact) mass is 270 g/mol. The summed E-state index contributed by atoms with van der Waals surface area (Å²) in [5, 5.41) is 11.2. The van der Waals surface area contributed by atoms with Crippen LogP contribution in [0.5, 0.6) is 0 Å². The summed E-state index contributed by atoms with van der Waals surface area (Å²) < 4.78 is 13.0. The summed E-state index contributed by atoms with van der Waals surface area (Å²) in [4.78, 5) is 21.7. The number of hydrogen-bond donors (Lipinski definition) is 3. The van der Waals surface area contributed by atoms with Gasteiger partial charge in [-0.05, 0) is 18.2 Å². The molecule has 5 nitrogen and oxygen atoms in total. The lowest BCUT2D eigenvalue weighted by atomic mass is 10.1. The Hall–Kier alpha value is -2.02. The topological polar surface area (TPSA) is 92.4 Å². The van der Waals surface area contributed by atoms with Crippen LogP contribution < -0.4 is 11.1 Å². The Morgan fingerprint density at radius 1 is 1.39 bits per heavy atom. The van der Waals surface area contributed by atoms with Gasteiger partial charge in [0.05, 0.1) is 22.7 Å². The van der Waals surface area contributed by atoms with E-state index in [9.17, 15) is 14.0 Å². The number of rotatable bonds is 5. The molecule has 0 unspecified atom stereocenters. The molecule has 7 heteroatoms. The number of carboxylic acids is 1. The highest BCUT2D eigenvalue weighted by molar-refractivity contribution is 7.80. The van der Waals surface area contributed by atoms with Crippen LogP contribution in [0.2, 0.25) is 0 Å². The average Bonchev–Trinajstić information content (AvgIpc) is 2.28. The smallest absolute Gasteiger partial charge is 0.303 e. The zero-order valence-electron chi connectivity index (χ0n) is 9.27. The lowest BCUT2D eigenvalue weighted by Gasteiger charge is -2.10. The van der Waals surface area contributed by atoms with Gasteiger partial charge < -0.3 is 16.2 Å². The van der Waals surface area contributed by atoms with E-state index in [0.29, 0.717) is 0 Å². The van der Waals surface area contributed by atoms with Crippen molar-refractivity contribution in [3.05, 3.63) is 29.6 Å². The first-order valence-corrected chi connectivity index (χ1v) is 5.42. The first-order valence-electron chi connectivity index (χ1n) is 5.01. The minimum absolute atomic E-state index is 0.0346. The van der Waals surface area contributed by atoms with Crippen LogP contribution in [0.4, 0.5) is 10.1 Å². The second-order valence-corrected chi connectivity index (χ2v) is 3.99. The molecule has 1 aromatic carbocycles. The highest BCUT2D eigenvalue weighted by atomic mass is 32.1. The summed E-state index contributed by atoms with van der Waals surface area (Å²) in [7, 11) is 0. The molecule has 0 aliphatic rings. The Balaban J connectivity index is 2.81. The normalized spacial score (nSPS) is 9.83. The van der Waals surface area contributed by atoms with Gasteiger partial charge in [-0.15, -0.1) is 0 Å². The summed E-state index contributed by atoms with van der Waals surface area (Å²) in [5.74, 6) is -2.36. The van der Waals surface area contributed by atoms with Crippen LogP contribution in [0.3, 0.4) is 0 Å². The van der Waals surface area contributed by atoms with Gasteiger partial charge >= 0.3 is 5.97 Å². The maximum atomic E-state index is 13.0. The van der Waals surface area contributed by atoms with Crippen LogP contribution in [0.25, 0.3) is 0 Å². The van der Waals surface area contributed by atoms with Gasteiger partial charge in [-0.2, -0.15) is 0 Å². The number of carboxylic acid groups (broad SMARTS) is 1. The van der Waals surface area contributed by atoms with Crippen molar-refractivity contribution in [2.75, 3.05) is 5.32 Å². The highest BCUT2D eigenvalue weighted by Gasteiger charge is 2.11. The van der Waals surface area contributed by atoms with Crippen molar-refractivity contribution in [1.82, 2.24) is 0 Å². The molecule has 0 aromatic heterocycles. The molecule has 18 heavy (non-hydrogen) atoms. The van der Waals surface area contributed by atoms with Crippen LogP contribution in [0.1, 0.15) is 23.2 Å². The number of primary amides is 1. The lowest BCUT2D eigenvalue weighted by molar-refractivity contribution is -0.136. The molecule has 0 radical (unpaired) electrons. The third-order valence-corrected chi connectivity index (χ3v) is 2.39. The quantitative estimate of drug-likeness (QED) is 0.706. The fourth-order valence-corrected chi connectivity index (χ4v) is 1.47. The fourth-order valence-electron chi connectivity index (χ4n) is 1.26. The highest BCUT2D eigenvalue weighted by Crippen LogP contribution is 2.17. The summed E-state index contributed by atoms with van der Waals surface area (Å²) in [5.41, 5.74) is 5.33. The summed E-state index contributed by atoms with van der Waals surface area (Å²) in [6.45, 7) is 0. The minimum Gasteiger partial charge on any atom is -0.481 e. The van der Waals surface area contributed by atoms with E-state index in [4.69, 9.17) is 23.1 Å². The molecule has 0 atom stereocenters. The third-order valence-electron chi connectivity index (χ3n) is 2.09. The zero-order chi connectivity index (χ0) is 13.7. The van der Waals surface area contributed by atoms with Gasteiger partial charge in [-0.25, -0.2) is 4.39 Å². The molecular weight excluding hydrogens is 259 g/mol. The Bertz CT molecular complexity index is 505. The summed E-state index contributed by atoms with van der Waals surface area (Å²) >= 11 is 4.91. The van der Waals surface area contributed by atoms with Gasteiger partial charge in [0.2, 0.25) is 0 Å². The van der Waals surface area contributed by atoms with Crippen LogP contribution in [0, 0.1) is 5.82 Å². The average molecular weight is 270 g/mol. The number of thiocarbonyl (C=S) groups is 1. The molecule has 96 valence electrons. The molecule has 1 aromatic rings. The third kappa shape index (κ3) is 4.10. The second-order valence-electron chi connectivity index (χ2n) is 3.50. The van der Waals surface area contributed by atoms with Gasteiger partial charge in [0.1, 0.15) is 5.82 Å². The Labute approximate surface area is 108 Å². The van der Waals surface area contributed by atoms with Crippen molar-refractivity contribution in [3.63, 3.8) is 0 Å². The maximum Gasteiger partial charge on any atom is 0.303 e. The van der Waals surface area contributed by atoms with E-state index in [1.807, 2.05) is 0 Å². The van der Waals surface area contributed by atoms with Crippen LogP contribution in [0.15, 0.2) is 18.2 Å². The number of nitrogens with two attached hydrogens (primary N) is 1. The van der Waals surface area contributed by atoms with Crippen LogP contribution in [-0.4, -0.2) is 22.0 Å². The number of nitrogens with one attached hydrogen (secondary N) is 1. The molecule has 0 saturated heterocycles. The SMILES string of the molecule is NC(=O)c1cc(F)ccc1NC(=S)CCC(=O)O. The predicted molar refractivity (Wildman–Crippen MR) is 68.0 cm³/mol. The van der Waals surface area contributed by atoms with E-state index in [1.165, 1.54) is 6.07 Å². The molecule has 0 heterocycles. The number of carbonyl (C=O) groups excluding carboxylic acids is 1. The lowest BCUT2D eigenvalue weighted by Crippen LogP contribution is -2.18. The van der Waals surface area contributed by atoms with Crippen molar-refractivity contribution in [2.45, 2.75) is 12.8 Å². The molecule has 1 rings (SSSR count). The molecular formula is C11H11FN2O3S. The molecule has 0 aliphatic heterocycles. The van der Waals surface area contributed by atoms with Crippen molar-refractivity contribution >= 4 is 34.8 Å². The van der Waals surface area contributed by atoms with Crippen LogP contribution >= 0.6 is 12.2 Å². The first kappa shape index (κ1) is 14.0. The Kier molecular flexibility index (Phi) is 4.73. The molecule has 1 amide bonds. The van der Waals surface area contributed by atoms with Gasteiger partial charge in [-0.3, -0.25) is 9.59 Å². The number of hydrogen-bond acceptors (Lipinski definition) is 3. The Morgan fingerprint density at radius 3 is 2.61 bits per heavy atom. The number of aliphatic carboxylic acids is 1. The van der Waals surface area contributed by atoms with E-state index < -0.39 is 17.7 Å². The van der Waals surface area contributed by atoms with E-state index >= 15 is 0 Å². The number of carbonyl (C=O) groups is 2. The van der Waals surface area contributed by atoms with E-state index in [0.717, 1.165) is 12.1 Å². The first-order chi connectivity index (χ1) is 8.40. The van der Waals surface area contributed by atoms with Gasteiger partial charge in [0.15, 0.2) is 0 Å². The predicted octanol–water partition coefficient (Wildman–Crippen LogP) is 1.53. The van der Waals surface area contributed by atoms with Crippen molar-refractivity contribution in [3.8, 4) is 0 Å². The molecule has 0 aliphatic carbocycles. The number of halogens is 1. The number of amides is 1. The second kappa shape index (κ2) is 6.06. The molecule has 0 saturated carbocycles.